The largest absolute Gasteiger partial charge is 0.484 e. The van der Waals surface area contributed by atoms with Crippen LogP contribution in [0.2, 0.25) is 0 Å². The van der Waals surface area contributed by atoms with Gasteiger partial charge in [-0.05, 0) is 55.8 Å². The number of halogens is 3. The fourth-order valence-corrected chi connectivity index (χ4v) is 5.45. The van der Waals surface area contributed by atoms with Crippen LogP contribution >= 0.6 is 0 Å². The number of benzene rings is 1. The van der Waals surface area contributed by atoms with Gasteiger partial charge in [-0.1, -0.05) is 0 Å². The van der Waals surface area contributed by atoms with Crippen LogP contribution in [0.4, 0.5) is 24.9 Å². The Morgan fingerprint density at radius 2 is 1.91 bits per heavy atom. The maximum atomic E-state index is 14.6. The monoisotopic (exact) mass is 461 g/mol. The van der Waals surface area contributed by atoms with Crippen molar-refractivity contribution >= 4 is 17.6 Å². The molecule has 1 N–H and O–H groups in total. The molecule has 2 unspecified atom stereocenters. The lowest BCUT2D eigenvalue weighted by Gasteiger charge is -2.17. The van der Waals surface area contributed by atoms with E-state index < -0.39 is 30.0 Å². The van der Waals surface area contributed by atoms with E-state index in [1.807, 2.05) is 4.90 Å². The molecule has 176 valence electrons. The van der Waals surface area contributed by atoms with Gasteiger partial charge in [0.25, 0.3) is 11.9 Å². The molecule has 1 spiro atoms. The Bertz CT molecular complexity index is 1070. The third-order valence-electron chi connectivity index (χ3n) is 7.63. The van der Waals surface area contributed by atoms with Crippen molar-refractivity contribution < 1.29 is 27.1 Å². The average Bonchev–Trinajstić information content (AvgIpc) is 3.50. The number of amides is 1. The molecule has 3 atom stereocenters. The van der Waals surface area contributed by atoms with Crippen molar-refractivity contribution in [3.8, 4) is 5.75 Å². The lowest BCUT2D eigenvalue weighted by Crippen LogP contribution is -2.21. The smallest absolute Gasteiger partial charge is 0.298 e. The molecule has 1 amide bonds. The Kier molecular flexibility index (Phi) is 4.85. The summed E-state index contributed by atoms with van der Waals surface area (Å²) in [6.07, 6.45) is 5.95. The van der Waals surface area contributed by atoms with E-state index in [0.717, 1.165) is 44.5 Å². The highest BCUT2D eigenvalue weighted by Crippen LogP contribution is 2.54. The molecule has 3 aliphatic carbocycles. The minimum Gasteiger partial charge on any atom is -0.484 e. The van der Waals surface area contributed by atoms with E-state index in [1.54, 1.807) is 0 Å². The molecule has 9 heteroatoms. The summed E-state index contributed by atoms with van der Waals surface area (Å²) in [6, 6.07) is 2.35. The highest BCUT2D eigenvalue weighted by Gasteiger charge is 2.49. The number of carbonyl (C=O) groups excluding carboxylic acids is 1. The van der Waals surface area contributed by atoms with Crippen LogP contribution in [0.25, 0.3) is 0 Å². The maximum Gasteiger partial charge on any atom is 0.298 e. The number of oxazole rings is 1. The molecule has 0 bridgehead atoms. The van der Waals surface area contributed by atoms with E-state index in [1.165, 1.54) is 19.3 Å². The van der Waals surface area contributed by atoms with Gasteiger partial charge in [-0.25, -0.2) is 8.78 Å². The van der Waals surface area contributed by atoms with Crippen molar-refractivity contribution in [2.24, 2.45) is 17.3 Å². The second-order valence-corrected chi connectivity index (χ2v) is 10.1. The van der Waals surface area contributed by atoms with Crippen LogP contribution in [0, 0.1) is 28.9 Å². The van der Waals surface area contributed by atoms with Crippen LogP contribution in [-0.2, 0) is 6.42 Å². The van der Waals surface area contributed by atoms with Crippen LogP contribution in [0.5, 0.6) is 5.75 Å². The zero-order valence-electron chi connectivity index (χ0n) is 18.2. The fourth-order valence-electron chi connectivity index (χ4n) is 5.45. The first-order valence-electron chi connectivity index (χ1n) is 11.7. The summed E-state index contributed by atoms with van der Waals surface area (Å²) in [5.74, 6) is -1.48. The normalized spacial score (nSPS) is 26.5. The van der Waals surface area contributed by atoms with E-state index in [2.05, 4.69) is 10.3 Å². The van der Waals surface area contributed by atoms with Gasteiger partial charge in [0.2, 0.25) is 0 Å². The predicted octanol–water partition coefficient (Wildman–Crippen LogP) is 4.88. The Hall–Kier alpha value is -2.71. The number of fused-ring (bicyclic) bond motifs is 1. The average molecular weight is 461 g/mol. The number of aryl methyl sites for hydroxylation is 1. The molecule has 2 aromatic rings. The third-order valence-corrected chi connectivity index (χ3v) is 7.63. The van der Waals surface area contributed by atoms with Crippen molar-refractivity contribution in [3.05, 3.63) is 35.2 Å². The van der Waals surface area contributed by atoms with Crippen molar-refractivity contribution in [2.45, 2.75) is 51.0 Å². The Morgan fingerprint density at radius 1 is 1.18 bits per heavy atom. The van der Waals surface area contributed by atoms with Gasteiger partial charge in [0.1, 0.15) is 5.76 Å². The Morgan fingerprint density at radius 3 is 2.55 bits per heavy atom. The molecule has 2 heterocycles. The van der Waals surface area contributed by atoms with Crippen LogP contribution in [0.15, 0.2) is 16.5 Å². The van der Waals surface area contributed by atoms with Gasteiger partial charge in [-0.2, -0.15) is 4.98 Å². The predicted molar refractivity (Wildman–Crippen MR) is 114 cm³/mol. The number of rotatable bonds is 7. The van der Waals surface area contributed by atoms with Gasteiger partial charge in [0, 0.05) is 37.3 Å². The quantitative estimate of drug-likeness (QED) is 0.636. The zero-order chi connectivity index (χ0) is 22.7. The molecule has 1 aromatic carbocycles. The van der Waals surface area contributed by atoms with Gasteiger partial charge >= 0.3 is 0 Å². The molecule has 4 fully saturated rings. The highest BCUT2D eigenvalue weighted by molar-refractivity contribution is 6.03. The SMILES string of the molecule is O=C(Nc1cc(F)c(OC2CC3C[C@H]3C2)c(F)c1)c1nc(N2CCC3(CC3)C2)oc1CCF. The molecule has 6 rings (SSSR count). The summed E-state index contributed by atoms with van der Waals surface area (Å²) >= 11 is 0. The number of ether oxygens (including phenoxy) is 1. The second kappa shape index (κ2) is 7.67. The van der Waals surface area contributed by atoms with Crippen LogP contribution in [0.3, 0.4) is 0 Å². The zero-order valence-corrected chi connectivity index (χ0v) is 18.2. The summed E-state index contributed by atoms with van der Waals surface area (Å²) in [6.45, 7) is 0.873. The number of alkyl halides is 1. The molecule has 1 aromatic heterocycles. The highest BCUT2D eigenvalue weighted by atomic mass is 19.1. The van der Waals surface area contributed by atoms with E-state index in [-0.39, 0.29) is 29.7 Å². The summed E-state index contributed by atoms with van der Waals surface area (Å²) in [7, 11) is 0. The number of nitrogens with zero attached hydrogens (tertiary/aromatic N) is 2. The number of hydrogen-bond donors (Lipinski definition) is 1. The summed E-state index contributed by atoms with van der Waals surface area (Å²) < 4.78 is 53.6. The van der Waals surface area contributed by atoms with Crippen molar-refractivity contribution in [1.29, 1.82) is 0 Å². The molecule has 1 aliphatic heterocycles. The Balaban J connectivity index is 1.18. The number of carbonyl (C=O) groups is 1. The minimum absolute atomic E-state index is 0.0641. The lowest BCUT2D eigenvalue weighted by atomic mass is 10.1. The Labute approximate surface area is 189 Å². The molecular weight excluding hydrogens is 435 g/mol. The molecule has 3 saturated carbocycles. The first-order valence-corrected chi connectivity index (χ1v) is 11.7. The van der Waals surface area contributed by atoms with Gasteiger partial charge in [-0.3, -0.25) is 9.18 Å². The van der Waals surface area contributed by atoms with Crippen LogP contribution in [-0.4, -0.2) is 36.8 Å². The van der Waals surface area contributed by atoms with Gasteiger partial charge in [-0.15, -0.1) is 0 Å². The van der Waals surface area contributed by atoms with Crippen molar-refractivity contribution in [2.75, 3.05) is 30.0 Å². The summed E-state index contributed by atoms with van der Waals surface area (Å²) in [5.41, 5.74) is 0.200. The first-order chi connectivity index (χ1) is 15.9. The van der Waals surface area contributed by atoms with Gasteiger partial charge in [0.05, 0.1) is 12.8 Å². The molecule has 1 saturated heterocycles. The van der Waals surface area contributed by atoms with Crippen LogP contribution < -0.4 is 15.0 Å². The van der Waals surface area contributed by atoms with E-state index in [9.17, 15) is 18.0 Å². The van der Waals surface area contributed by atoms with Crippen LogP contribution in [0.1, 0.15) is 54.8 Å². The summed E-state index contributed by atoms with van der Waals surface area (Å²) in [5, 5.41) is 2.47. The molecule has 33 heavy (non-hydrogen) atoms. The second-order valence-electron chi connectivity index (χ2n) is 10.1. The third kappa shape index (κ3) is 3.95. The number of nitrogens with one attached hydrogen (secondary N) is 1. The minimum atomic E-state index is -0.873. The molecule has 6 nitrogen and oxygen atoms in total. The van der Waals surface area contributed by atoms with Gasteiger partial charge in [0.15, 0.2) is 23.1 Å². The summed E-state index contributed by atoms with van der Waals surface area (Å²) in [4.78, 5) is 19.1. The lowest BCUT2D eigenvalue weighted by molar-refractivity contribution is 0.102. The standard InChI is InChI=1S/C24H26F3N3O3/c25-5-1-19-20(29-23(33-19)30-6-4-24(12-30)2-3-24)22(31)28-15-10-17(26)21(18(27)11-15)32-16-8-13-7-14(13)9-16/h10-11,13-14,16H,1-9,12H2,(H,28,31)/t13-,14?,16?/m0/s1. The van der Waals surface area contributed by atoms with Crippen molar-refractivity contribution in [1.82, 2.24) is 4.98 Å². The molecular formula is C24H26F3N3O3. The number of hydrogen-bond acceptors (Lipinski definition) is 5. The van der Waals surface area contributed by atoms with Crippen molar-refractivity contribution in [3.63, 3.8) is 0 Å². The molecule has 0 radical (unpaired) electrons. The number of anilines is 2. The topological polar surface area (TPSA) is 67.6 Å². The number of aromatic nitrogens is 1. The maximum absolute atomic E-state index is 14.6. The van der Waals surface area contributed by atoms with E-state index in [4.69, 9.17) is 9.15 Å². The fraction of sp³-hybridized carbons (Fsp3) is 0.583. The first kappa shape index (κ1) is 20.9. The van der Waals surface area contributed by atoms with E-state index >= 15 is 0 Å². The van der Waals surface area contributed by atoms with Gasteiger partial charge < -0.3 is 19.4 Å². The molecule has 4 aliphatic rings. The van der Waals surface area contributed by atoms with E-state index in [0.29, 0.717) is 23.3 Å².